The van der Waals surface area contributed by atoms with Crippen LogP contribution in [0.4, 0.5) is 0 Å². The Morgan fingerprint density at radius 2 is 2.10 bits per heavy atom. The van der Waals surface area contributed by atoms with Crippen LogP contribution >= 0.6 is 0 Å². The molecular formula is C21H23N5O4S. The van der Waals surface area contributed by atoms with Gasteiger partial charge in [-0.2, -0.15) is 0 Å². The lowest BCUT2D eigenvalue weighted by Crippen LogP contribution is -2.30. The summed E-state index contributed by atoms with van der Waals surface area (Å²) in [5, 5.41) is 8.05. The largest absolute Gasteiger partial charge is 0.468 e. The molecule has 31 heavy (non-hydrogen) atoms. The second-order valence-corrected chi connectivity index (χ2v) is 9.06. The third-order valence-electron chi connectivity index (χ3n) is 5.21. The standard InChI is InChI=1S/C21H23N5O4S/c1-25-15-22-24-21(25)19-5-2-12-26(19)20(27)11-8-16-6-9-18(10-7-16)31(28,29)23-14-17-4-3-13-30-17/h3-4,6-11,13,15,19,23H,2,5,12,14H2,1H3/b11-8+. The van der Waals surface area contributed by atoms with Crippen molar-refractivity contribution in [3.63, 3.8) is 0 Å². The van der Waals surface area contributed by atoms with Crippen LogP contribution in [0.3, 0.4) is 0 Å². The van der Waals surface area contributed by atoms with Gasteiger partial charge in [0.05, 0.1) is 23.7 Å². The number of likely N-dealkylation sites (tertiary alicyclic amines) is 1. The summed E-state index contributed by atoms with van der Waals surface area (Å²) in [6.07, 6.45) is 8.07. The molecule has 1 unspecified atom stereocenters. The van der Waals surface area contributed by atoms with Gasteiger partial charge in [0, 0.05) is 19.7 Å². The minimum absolute atomic E-state index is 0.0774. The minimum atomic E-state index is -3.66. The number of aromatic nitrogens is 3. The van der Waals surface area contributed by atoms with Gasteiger partial charge in [-0.15, -0.1) is 10.2 Å². The smallest absolute Gasteiger partial charge is 0.247 e. The van der Waals surface area contributed by atoms with E-state index in [0.717, 1.165) is 24.2 Å². The molecular weight excluding hydrogens is 418 g/mol. The van der Waals surface area contributed by atoms with E-state index < -0.39 is 10.0 Å². The molecule has 10 heteroatoms. The normalized spacial score (nSPS) is 16.9. The van der Waals surface area contributed by atoms with Crippen molar-refractivity contribution in [1.29, 1.82) is 0 Å². The van der Waals surface area contributed by atoms with Crippen LogP contribution in [0.1, 0.15) is 36.0 Å². The summed E-state index contributed by atoms with van der Waals surface area (Å²) in [6, 6.07) is 9.65. The van der Waals surface area contributed by atoms with E-state index >= 15 is 0 Å². The molecule has 2 aromatic heterocycles. The van der Waals surface area contributed by atoms with Gasteiger partial charge in [-0.1, -0.05) is 12.1 Å². The second-order valence-electron chi connectivity index (χ2n) is 7.30. The number of sulfonamides is 1. The molecule has 3 heterocycles. The van der Waals surface area contributed by atoms with Gasteiger partial charge in [-0.05, 0) is 48.7 Å². The third kappa shape index (κ3) is 4.75. The highest BCUT2D eigenvalue weighted by molar-refractivity contribution is 7.89. The zero-order valence-corrected chi connectivity index (χ0v) is 17.8. The SMILES string of the molecule is Cn1cnnc1C1CCCN1C(=O)/C=C/c1ccc(S(=O)(=O)NCc2ccco2)cc1. The molecule has 1 N–H and O–H groups in total. The predicted molar refractivity (Wildman–Crippen MR) is 113 cm³/mol. The maximum atomic E-state index is 12.7. The molecule has 1 aromatic carbocycles. The monoisotopic (exact) mass is 441 g/mol. The summed E-state index contributed by atoms with van der Waals surface area (Å²) in [4.78, 5) is 14.7. The summed E-state index contributed by atoms with van der Waals surface area (Å²) < 4.78 is 34.3. The first kappa shape index (κ1) is 21.0. The Bertz CT molecular complexity index is 1170. The van der Waals surface area contributed by atoms with Crippen molar-refractivity contribution in [2.24, 2.45) is 7.05 Å². The van der Waals surface area contributed by atoms with Crippen LogP contribution in [-0.2, 0) is 28.4 Å². The molecule has 0 bridgehead atoms. The van der Waals surface area contributed by atoms with Crippen LogP contribution in [0.15, 0.2) is 64.4 Å². The molecule has 1 amide bonds. The van der Waals surface area contributed by atoms with E-state index in [1.807, 2.05) is 11.6 Å². The molecule has 0 aliphatic carbocycles. The van der Waals surface area contributed by atoms with Crippen molar-refractivity contribution in [3.8, 4) is 0 Å². The molecule has 1 aliphatic heterocycles. The Morgan fingerprint density at radius 1 is 1.29 bits per heavy atom. The van der Waals surface area contributed by atoms with Gasteiger partial charge in [0.15, 0.2) is 5.82 Å². The first-order valence-corrected chi connectivity index (χ1v) is 11.4. The summed E-state index contributed by atoms with van der Waals surface area (Å²) in [7, 11) is -1.79. The van der Waals surface area contributed by atoms with Crippen LogP contribution in [0.2, 0.25) is 0 Å². The number of nitrogens with one attached hydrogen (secondary N) is 1. The van der Waals surface area contributed by atoms with E-state index in [1.54, 1.807) is 41.6 Å². The first-order chi connectivity index (χ1) is 14.9. The van der Waals surface area contributed by atoms with Gasteiger partial charge >= 0.3 is 0 Å². The molecule has 0 radical (unpaired) electrons. The summed E-state index contributed by atoms with van der Waals surface area (Å²) in [5.74, 6) is 1.20. The average Bonchev–Trinajstić information content (AvgIpc) is 3.52. The van der Waals surface area contributed by atoms with Gasteiger partial charge in [0.25, 0.3) is 0 Å². The number of aryl methyl sites for hydroxylation is 1. The van der Waals surface area contributed by atoms with Crippen LogP contribution in [0, 0.1) is 0 Å². The molecule has 0 saturated carbocycles. The molecule has 1 saturated heterocycles. The van der Waals surface area contributed by atoms with Gasteiger partial charge < -0.3 is 13.9 Å². The Morgan fingerprint density at radius 3 is 2.77 bits per heavy atom. The highest BCUT2D eigenvalue weighted by Crippen LogP contribution is 2.30. The van der Waals surface area contributed by atoms with Crippen molar-refractivity contribution >= 4 is 22.0 Å². The van der Waals surface area contributed by atoms with Gasteiger partial charge in [-0.25, -0.2) is 13.1 Å². The zero-order chi connectivity index (χ0) is 21.8. The van der Waals surface area contributed by atoms with Crippen LogP contribution in [0.5, 0.6) is 0 Å². The molecule has 3 aromatic rings. The molecule has 1 aliphatic rings. The number of nitrogens with zero attached hydrogens (tertiary/aromatic N) is 4. The number of hydrogen-bond donors (Lipinski definition) is 1. The van der Waals surface area contributed by atoms with E-state index in [2.05, 4.69) is 14.9 Å². The molecule has 9 nitrogen and oxygen atoms in total. The molecule has 1 fully saturated rings. The predicted octanol–water partition coefficient (Wildman–Crippen LogP) is 2.26. The first-order valence-electron chi connectivity index (χ1n) is 9.89. The number of benzene rings is 1. The Hall–Kier alpha value is -3.24. The molecule has 4 rings (SSSR count). The fourth-order valence-corrected chi connectivity index (χ4v) is 4.57. The molecule has 1 atom stereocenters. The number of carbonyl (C=O) groups is 1. The fourth-order valence-electron chi connectivity index (χ4n) is 3.58. The maximum Gasteiger partial charge on any atom is 0.247 e. The van der Waals surface area contributed by atoms with Crippen molar-refractivity contribution < 1.29 is 17.6 Å². The zero-order valence-electron chi connectivity index (χ0n) is 17.0. The highest BCUT2D eigenvalue weighted by atomic mass is 32.2. The topological polar surface area (TPSA) is 110 Å². The van der Waals surface area contributed by atoms with Crippen LogP contribution in [-0.4, -0.2) is 40.5 Å². The van der Waals surface area contributed by atoms with Crippen molar-refractivity contribution in [2.75, 3.05) is 6.54 Å². The van der Waals surface area contributed by atoms with E-state index in [9.17, 15) is 13.2 Å². The second kappa shape index (κ2) is 8.86. The highest BCUT2D eigenvalue weighted by Gasteiger charge is 2.31. The fraction of sp³-hybridized carbons (Fsp3) is 0.286. The lowest BCUT2D eigenvalue weighted by Gasteiger charge is -2.22. The summed E-state index contributed by atoms with van der Waals surface area (Å²) in [5.41, 5.74) is 0.729. The van der Waals surface area contributed by atoms with Crippen LogP contribution in [0.25, 0.3) is 6.08 Å². The van der Waals surface area contributed by atoms with E-state index in [-0.39, 0.29) is 23.4 Å². The van der Waals surface area contributed by atoms with E-state index in [4.69, 9.17) is 4.42 Å². The van der Waals surface area contributed by atoms with Crippen molar-refractivity contribution in [1.82, 2.24) is 24.4 Å². The third-order valence-corrected chi connectivity index (χ3v) is 6.62. The van der Waals surface area contributed by atoms with Crippen molar-refractivity contribution in [2.45, 2.75) is 30.3 Å². The lowest BCUT2D eigenvalue weighted by molar-refractivity contribution is -0.127. The number of carbonyl (C=O) groups excluding carboxylic acids is 1. The number of rotatable bonds is 7. The maximum absolute atomic E-state index is 12.7. The van der Waals surface area contributed by atoms with Gasteiger partial charge in [0.1, 0.15) is 12.1 Å². The number of amides is 1. The Labute approximate surface area is 180 Å². The summed E-state index contributed by atoms with van der Waals surface area (Å²) in [6.45, 7) is 0.743. The van der Waals surface area contributed by atoms with Gasteiger partial charge in [0.2, 0.25) is 15.9 Å². The average molecular weight is 442 g/mol. The minimum Gasteiger partial charge on any atom is -0.468 e. The lowest BCUT2D eigenvalue weighted by atomic mass is 10.2. The van der Waals surface area contributed by atoms with E-state index in [1.165, 1.54) is 24.5 Å². The van der Waals surface area contributed by atoms with Gasteiger partial charge in [-0.3, -0.25) is 4.79 Å². The molecule has 162 valence electrons. The van der Waals surface area contributed by atoms with E-state index in [0.29, 0.717) is 12.3 Å². The quantitative estimate of drug-likeness (QED) is 0.563. The molecule has 0 spiro atoms. The Balaban J connectivity index is 1.40. The number of furan rings is 1. The Kier molecular flexibility index (Phi) is 6.01. The number of hydrogen-bond acceptors (Lipinski definition) is 6. The van der Waals surface area contributed by atoms with Crippen LogP contribution < -0.4 is 4.72 Å². The van der Waals surface area contributed by atoms with Crippen molar-refractivity contribution in [3.05, 3.63) is 72.2 Å². The summed E-state index contributed by atoms with van der Waals surface area (Å²) >= 11 is 0.